The lowest BCUT2D eigenvalue weighted by atomic mass is 10.2. The molecule has 1 aliphatic rings. The molecular weight excluding hydrogens is 330 g/mol. The topological polar surface area (TPSA) is 45.2 Å². The smallest absolute Gasteiger partial charge is 0.150 e. The molecule has 6 heteroatoms. The van der Waals surface area contributed by atoms with Gasteiger partial charge in [0, 0.05) is 43.4 Å². The van der Waals surface area contributed by atoms with Gasteiger partial charge in [-0.3, -0.25) is 0 Å². The number of benzene rings is 1. The van der Waals surface area contributed by atoms with Crippen LogP contribution in [0, 0.1) is 0 Å². The van der Waals surface area contributed by atoms with E-state index >= 15 is 0 Å². The van der Waals surface area contributed by atoms with Crippen molar-refractivity contribution in [2.45, 2.75) is 0 Å². The summed E-state index contributed by atoms with van der Waals surface area (Å²) in [7, 11) is 0. The molecule has 3 aromatic heterocycles. The van der Waals surface area contributed by atoms with E-state index < -0.39 is 0 Å². The normalized spacial score (nSPS) is 15.2. The average Bonchev–Trinajstić information content (AvgIpc) is 3.08. The maximum Gasteiger partial charge on any atom is 0.150 e. The fourth-order valence-corrected chi connectivity index (χ4v) is 4.55. The Morgan fingerprint density at radius 3 is 2.44 bits per heavy atom. The van der Waals surface area contributed by atoms with Gasteiger partial charge in [0.2, 0.25) is 0 Å². The van der Waals surface area contributed by atoms with Crippen LogP contribution in [-0.4, -0.2) is 41.1 Å². The molecule has 0 bridgehead atoms. The molecule has 0 radical (unpaired) electrons. The van der Waals surface area contributed by atoms with Crippen LogP contribution in [0.1, 0.15) is 0 Å². The molecule has 0 spiro atoms. The highest BCUT2D eigenvalue weighted by Crippen LogP contribution is 2.36. The Bertz CT molecular complexity index is 1020. The standard InChI is InChI=1S/C19H17N5S/c1-2-5-14(6-3-1)23-9-11-24(12-10-23)18-17-16(21-13-22-18)15-7-4-8-20-19(15)25-17/h1-8,13H,9-12H2. The van der Waals surface area contributed by atoms with Gasteiger partial charge in [0.05, 0.1) is 10.2 Å². The Morgan fingerprint density at radius 2 is 1.60 bits per heavy atom. The molecule has 1 aliphatic heterocycles. The first-order valence-electron chi connectivity index (χ1n) is 8.43. The molecule has 0 aliphatic carbocycles. The zero-order valence-corrected chi connectivity index (χ0v) is 14.5. The van der Waals surface area contributed by atoms with E-state index in [1.54, 1.807) is 17.7 Å². The summed E-state index contributed by atoms with van der Waals surface area (Å²) in [6.07, 6.45) is 3.52. The lowest BCUT2D eigenvalue weighted by molar-refractivity contribution is 0.649. The van der Waals surface area contributed by atoms with Gasteiger partial charge >= 0.3 is 0 Å². The van der Waals surface area contributed by atoms with Crippen LogP contribution in [0.15, 0.2) is 55.0 Å². The highest BCUT2D eigenvalue weighted by Gasteiger charge is 2.21. The highest BCUT2D eigenvalue weighted by atomic mass is 32.1. The number of para-hydroxylation sites is 1. The van der Waals surface area contributed by atoms with Crippen LogP contribution in [0.2, 0.25) is 0 Å². The maximum absolute atomic E-state index is 4.60. The van der Waals surface area contributed by atoms with Crippen molar-refractivity contribution in [2.75, 3.05) is 36.0 Å². The monoisotopic (exact) mass is 347 g/mol. The summed E-state index contributed by atoms with van der Waals surface area (Å²) in [6, 6.07) is 14.7. The van der Waals surface area contributed by atoms with Gasteiger partial charge in [0.25, 0.3) is 0 Å². The van der Waals surface area contributed by atoms with Crippen LogP contribution >= 0.6 is 11.3 Å². The second-order valence-corrected chi connectivity index (χ2v) is 7.14. The van der Waals surface area contributed by atoms with Gasteiger partial charge in [-0.2, -0.15) is 0 Å². The number of aromatic nitrogens is 3. The molecule has 0 amide bonds. The zero-order valence-electron chi connectivity index (χ0n) is 13.7. The molecule has 0 N–H and O–H groups in total. The first kappa shape index (κ1) is 14.6. The second kappa shape index (κ2) is 5.97. The molecule has 1 aromatic carbocycles. The fraction of sp³-hybridized carbons (Fsp3) is 0.211. The number of pyridine rings is 1. The molecule has 5 nitrogen and oxygen atoms in total. The third-order valence-electron chi connectivity index (χ3n) is 4.71. The SMILES string of the molecule is c1ccc(N2CCN(c3ncnc4c3sc3ncccc34)CC2)cc1. The third kappa shape index (κ3) is 2.49. The number of nitrogens with zero attached hydrogens (tertiary/aromatic N) is 5. The first-order chi connectivity index (χ1) is 12.4. The van der Waals surface area contributed by atoms with Crippen LogP contribution in [-0.2, 0) is 0 Å². The molecular formula is C19H17N5S. The van der Waals surface area contributed by atoms with E-state index in [1.165, 1.54) is 5.69 Å². The summed E-state index contributed by atoms with van der Waals surface area (Å²) < 4.78 is 1.14. The lowest BCUT2D eigenvalue weighted by Crippen LogP contribution is -2.46. The number of hydrogen-bond donors (Lipinski definition) is 0. The van der Waals surface area contributed by atoms with Gasteiger partial charge in [-0.15, -0.1) is 11.3 Å². The Kier molecular flexibility index (Phi) is 3.48. The predicted molar refractivity (Wildman–Crippen MR) is 104 cm³/mol. The number of piperazine rings is 1. The molecule has 4 aromatic rings. The molecule has 0 unspecified atom stereocenters. The molecule has 0 atom stereocenters. The first-order valence-corrected chi connectivity index (χ1v) is 9.25. The minimum absolute atomic E-state index is 0.961. The van der Waals surface area contributed by atoms with Gasteiger partial charge < -0.3 is 9.80 Å². The molecule has 1 saturated heterocycles. The minimum Gasteiger partial charge on any atom is -0.368 e. The van der Waals surface area contributed by atoms with Crippen LogP contribution in [0.25, 0.3) is 20.4 Å². The summed E-state index contributed by atoms with van der Waals surface area (Å²) in [5.41, 5.74) is 2.31. The van der Waals surface area contributed by atoms with Crippen LogP contribution in [0.3, 0.4) is 0 Å². The van der Waals surface area contributed by atoms with Gasteiger partial charge in [0.1, 0.15) is 17.0 Å². The van der Waals surface area contributed by atoms with Crippen LogP contribution < -0.4 is 9.80 Å². The third-order valence-corrected chi connectivity index (χ3v) is 5.81. The van der Waals surface area contributed by atoms with Gasteiger partial charge in [0.15, 0.2) is 0 Å². The fourth-order valence-electron chi connectivity index (χ4n) is 3.44. The molecule has 25 heavy (non-hydrogen) atoms. The number of thiophene rings is 1. The van der Waals surface area contributed by atoms with Crippen LogP contribution in [0.4, 0.5) is 11.5 Å². The van der Waals surface area contributed by atoms with Crippen molar-refractivity contribution >= 4 is 43.3 Å². The Hall–Kier alpha value is -2.73. The average molecular weight is 347 g/mol. The van der Waals surface area contributed by atoms with Crippen molar-refractivity contribution in [1.29, 1.82) is 0 Å². The molecule has 1 fully saturated rings. The Morgan fingerprint density at radius 1 is 0.800 bits per heavy atom. The minimum atomic E-state index is 0.961. The van der Waals surface area contributed by atoms with Gasteiger partial charge in [-0.25, -0.2) is 15.0 Å². The lowest BCUT2D eigenvalue weighted by Gasteiger charge is -2.36. The summed E-state index contributed by atoms with van der Waals surface area (Å²) in [4.78, 5) is 19.4. The van der Waals surface area contributed by atoms with E-state index in [4.69, 9.17) is 0 Å². The summed E-state index contributed by atoms with van der Waals surface area (Å²) in [5, 5.41) is 1.12. The van der Waals surface area contributed by atoms with Crippen molar-refractivity contribution in [3.63, 3.8) is 0 Å². The largest absolute Gasteiger partial charge is 0.368 e. The van der Waals surface area contributed by atoms with Crippen molar-refractivity contribution in [3.05, 3.63) is 55.0 Å². The Balaban J connectivity index is 1.46. The van der Waals surface area contributed by atoms with Gasteiger partial charge in [-0.05, 0) is 24.3 Å². The van der Waals surface area contributed by atoms with Crippen molar-refractivity contribution in [2.24, 2.45) is 0 Å². The molecule has 5 rings (SSSR count). The molecule has 0 saturated carbocycles. The number of hydrogen-bond acceptors (Lipinski definition) is 6. The van der Waals surface area contributed by atoms with E-state index in [0.29, 0.717) is 0 Å². The number of anilines is 2. The summed E-state index contributed by atoms with van der Waals surface area (Å²) >= 11 is 1.69. The second-order valence-electron chi connectivity index (χ2n) is 6.14. The van der Waals surface area contributed by atoms with Crippen molar-refractivity contribution in [3.8, 4) is 0 Å². The van der Waals surface area contributed by atoms with Crippen molar-refractivity contribution < 1.29 is 0 Å². The summed E-state index contributed by atoms with van der Waals surface area (Å²) in [6.45, 7) is 3.92. The molecule has 124 valence electrons. The quantitative estimate of drug-likeness (QED) is 0.555. The summed E-state index contributed by atoms with van der Waals surface area (Å²) in [5.74, 6) is 1.04. The number of fused-ring (bicyclic) bond motifs is 3. The van der Waals surface area contributed by atoms with E-state index in [-0.39, 0.29) is 0 Å². The van der Waals surface area contributed by atoms with Crippen LogP contribution in [0.5, 0.6) is 0 Å². The van der Waals surface area contributed by atoms with Gasteiger partial charge in [-0.1, -0.05) is 18.2 Å². The van der Waals surface area contributed by atoms with Crippen molar-refractivity contribution in [1.82, 2.24) is 15.0 Å². The van der Waals surface area contributed by atoms with E-state index in [0.717, 1.165) is 52.4 Å². The van der Waals surface area contributed by atoms with E-state index in [2.05, 4.69) is 61.1 Å². The Labute approximate surface area is 149 Å². The van der Waals surface area contributed by atoms with E-state index in [1.807, 2.05) is 12.3 Å². The molecule has 4 heterocycles. The zero-order chi connectivity index (χ0) is 16.6. The highest BCUT2D eigenvalue weighted by molar-refractivity contribution is 7.25. The van der Waals surface area contributed by atoms with E-state index in [9.17, 15) is 0 Å². The maximum atomic E-state index is 4.60. The number of rotatable bonds is 2. The predicted octanol–water partition coefficient (Wildman–Crippen LogP) is 3.57.